The van der Waals surface area contributed by atoms with Gasteiger partial charge in [0, 0.05) is 16.8 Å². The maximum absolute atomic E-state index is 12.6. The average Bonchev–Trinajstić information content (AvgIpc) is 3.39. The van der Waals surface area contributed by atoms with Crippen LogP contribution in [0, 0.1) is 5.41 Å². The number of halogens is 2. The van der Waals surface area contributed by atoms with Crippen LogP contribution in [0.4, 0.5) is 11.4 Å². The lowest BCUT2D eigenvalue weighted by atomic mass is 10.0. The average molecular weight is 379 g/mol. The zero-order valence-corrected chi connectivity index (χ0v) is 14.9. The van der Waals surface area contributed by atoms with Gasteiger partial charge in [-0.1, -0.05) is 29.3 Å². The van der Waals surface area contributed by atoms with E-state index in [9.17, 15) is 9.59 Å². The fourth-order valence-corrected chi connectivity index (χ4v) is 2.92. The molecule has 0 aromatic heterocycles. The predicted molar refractivity (Wildman–Crippen MR) is 98.4 cm³/mol. The van der Waals surface area contributed by atoms with Crippen LogP contribution in [0.15, 0.2) is 42.5 Å². The topological polar surface area (TPSA) is 67.4 Å². The highest BCUT2D eigenvalue weighted by Crippen LogP contribution is 2.48. The van der Waals surface area contributed by atoms with Crippen molar-refractivity contribution in [1.82, 2.24) is 0 Å². The molecule has 1 fully saturated rings. The molecule has 0 aliphatic heterocycles. The maximum Gasteiger partial charge on any atom is 0.240 e. The van der Waals surface area contributed by atoms with Crippen LogP contribution in [-0.4, -0.2) is 18.9 Å². The summed E-state index contributed by atoms with van der Waals surface area (Å²) in [5.41, 5.74) is -0.0732. The number of ether oxygens (including phenoxy) is 1. The van der Waals surface area contributed by atoms with Crippen molar-refractivity contribution in [2.24, 2.45) is 5.41 Å². The summed E-state index contributed by atoms with van der Waals surface area (Å²) < 4.78 is 5.13. The normalized spacial score (nSPS) is 14.5. The highest BCUT2D eigenvalue weighted by molar-refractivity contribution is 6.37. The molecule has 0 saturated heterocycles. The summed E-state index contributed by atoms with van der Waals surface area (Å²) in [7, 11) is 1.55. The lowest BCUT2D eigenvalue weighted by Crippen LogP contribution is -2.35. The van der Waals surface area contributed by atoms with E-state index < -0.39 is 5.41 Å². The zero-order chi connectivity index (χ0) is 18.0. The smallest absolute Gasteiger partial charge is 0.240 e. The zero-order valence-electron chi connectivity index (χ0n) is 13.4. The molecule has 5 nitrogen and oxygen atoms in total. The van der Waals surface area contributed by atoms with Crippen molar-refractivity contribution in [3.8, 4) is 5.75 Å². The van der Waals surface area contributed by atoms with Crippen molar-refractivity contribution in [1.29, 1.82) is 0 Å². The molecule has 7 heteroatoms. The van der Waals surface area contributed by atoms with Gasteiger partial charge in [0.15, 0.2) is 0 Å². The fourth-order valence-electron chi connectivity index (χ4n) is 2.47. The van der Waals surface area contributed by atoms with E-state index in [0.717, 1.165) is 0 Å². The summed E-state index contributed by atoms with van der Waals surface area (Å²) >= 11 is 11.9. The summed E-state index contributed by atoms with van der Waals surface area (Å²) in [6.45, 7) is 0. The molecule has 0 bridgehead atoms. The van der Waals surface area contributed by atoms with Crippen LogP contribution in [0.3, 0.4) is 0 Å². The second-order valence-electron chi connectivity index (χ2n) is 5.85. The number of carbonyl (C=O) groups excluding carboxylic acids is 2. The van der Waals surface area contributed by atoms with Gasteiger partial charge in [-0.05, 0) is 43.2 Å². The molecule has 0 heterocycles. The van der Waals surface area contributed by atoms with Crippen LogP contribution in [-0.2, 0) is 9.59 Å². The molecule has 2 amide bonds. The van der Waals surface area contributed by atoms with Crippen molar-refractivity contribution < 1.29 is 14.3 Å². The van der Waals surface area contributed by atoms with E-state index in [0.29, 0.717) is 40.0 Å². The number of carbonyl (C=O) groups is 2. The van der Waals surface area contributed by atoms with Gasteiger partial charge in [0.1, 0.15) is 11.2 Å². The molecular weight excluding hydrogens is 363 g/mol. The highest BCUT2D eigenvalue weighted by Gasteiger charge is 2.56. The molecule has 130 valence electrons. The molecule has 0 atom stereocenters. The maximum atomic E-state index is 12.6. The third kappa shape index (κ3) is 3.72. The van der Waals surface area contributed by atoms with Crippen LogP contribution in [0.2, 0.25) is 10.0 Å². The Labute approximate surface area is 155 Å². The summed E-state index contributed by atoms with van der Waals surface area (Å²) in [5, 5.41) is 6.29. The standard InChI is InChI=1S/C18H16Cl2N2O3/c1-25-13-4-2-3-12(10-13)21-16(23)18(7-8-18)17(24)22-15-6-5-11(19)9-14(15)20/h2-6,9-10H,7-8H2,1H3,(H,21,23)(H,22,24). The number of benzene rings is 2. The predicted octanol–water partition coefficient (Wildman–Crippen LogP) is 4.36. The van der Waals surface area contributed by atoms with Gasteiger partial charge in [-0.3, -0.25) is 9.59 Å². The van der Waals surface area contributed by atoms with E-state index in [-0.39, 0.29) is 11.8 Å². The van der Waals surface area contributed by atoms with Gasteiger partial charge in [0.05, 0.1) is 17.8 Å². The van der Waals surface area contributed by atoms with Gasteiger partial charge in [-0.25, -0.2) is 0 Å². The number of anilines is 2. The molecule has 1 aliphatic rings. The van der Waals surface area contributed by atoms with Crippen LogP contribution >= 0.6 is 23.2 Å². The minimum atomic E-state index is -1.08. The Morgan fingerprint density at radius 1 is 1.04 bits per heavy atom. The first-order valence-electron chi connectivity index (χ1n) is 7.67. The van der Waals surface area contributed by atoms with E-state index in [1.807, 2.05) is 0 Å². The number of hydrogen-bond acceptors (Lipinski definition) is 3. The minimum absolute atomic E-state index is 0.324. The fraction of sp³-hybridized carbons (Fsp3) is 0.222. The first kappa shape index (κ1) is 17.6. The Morgan fingerprint density at radius 2 is 1.76 bits per heavy atom. The summed E-state index contributed by atoms with van der Waals surface area (Å²) in [6.07, 6.45) is 0.972. The van der Waals surface area contributed by atoms with Crippen LogP contribution < -0.4 is 15.4 Å². The van der Waals surface area contributed by atoms with Gasteiger partial charge < -0.3 is 15.4 Å². The molecule has 2 aromatic carbocycles. The largest absolute Gasteiger partial charge is 0.497 e. The van der Waals surface area contributed by atoms with Gasteiger partial charge >= 0.3 is 0 Å². The molecule has 3 rings (SSSR count). The Kier molecular flexibility index (Phi) is 4.88. The van der Waals surface area contributed by atoms with E-state index in [1.54, 1.807) is 43.5 Å². The van der Waals surface area contributed by atoms with Crippen LogP contribution in [0.5, 0.6) is 5.75 Å². The molecule has 1 aliphatic carbocycles. The molecule has 25 heavy (non-hydrogen) atoms. The Bertz CT molecular complexity index is 835. The van der Waals surface area contributed by atoms with Crippen molar-refractivity contribution in [2.45, 2.75) is 12.8 Å². The molecule has 0 unspecified atom stereocenters. The van der Waals surface area contributed by atoms with Gasteiger partial charge in [-0.2, -0.15) is 0 Å². The van der Waals surface area contributed by atoms with Gasteiger partial charge in [0.25, 0.3) is 0 Å². The Balaban J connectivity index is 1.72. The van der Waals surface area contributed by atoms with Crippen molar-refractivity contribution >= 4 is 46.4 Å². The third-order valence-electron chi connectivity index (χ3n) is 4.13. The minimum Gasteiger partial charge on any atom is -0.497 e. The molecule has 1 saturated carbocycles. The van der Waals surface area contributed by atoms with Crippen LogP contribution in [0.25, 0.3) is 0 Å². The van der Waals surface area contributed by atoms with Crippen molar-refractivity contribution in [3.05, 3.63) is 52.5 Å². The third-order valence-corrected chi connectivity index (χ3v) is 4.67. The number of rotatable bonds is 5. The molecule has 0 spiro atoms. The second kappa shape index (κ2) is 6.94. The number of nitrogens with one attached hydrogen (secondary N) is 2. The second-order valence-corrected chi connectivity index (χ2v) is 6.69. The quantitative estimate of drug-likeness (QED) is 0.759. The lowest BCUT2D eigenvalue weighted by molar-refractivity contribution is -0.131. The number of amides is 2. The monoisotopic (exact) mass is 378 g/mol. The van der Waals surface area contributed by atoms with Gasteiger partial charge in [0.2, 0.25) is 11.8 Å². The van der Waals surface area contributed by atoms with E-state index in [2.05, 4.69) is 10.6 Å². The molecule has 2 N–H and O–H groups in total. The van der Waals surface area contributed by atoms with Crippen molar-refractivity contribution in [3.63, 3.8) is 0 Å². The highest BCUT2D eigenvalue weighted by atomic mass is 35.5. The first-order chi connectivity index (χ1) is 11.9. The molecule has 2 aromatic rings. The van der Waals surface area contributed by atoms with Crippen LogP contribution in [0.1, 0.15) is 12.8 Å². The van der Waals surface area contributed by atoms with Gasteiger partial charge in [-0.15, -0.1) is 0 Å². The summed E-state index contributed by atoms with van der Waals surface area (Å²) in [6, 6.07) is 11.7. The summed E-state index contributed by atoms with van der Waals surface area (Å²) in [4.78, 5) is 25.2. The Hall–Kier alpha value is -2.24. The molecular formula is C18H16Cl2N2O3. The lowest BCUT2D eigenvalue weighted by Gasteiger charge is -2.16. The SMILES string of the molecule is COc1cccc(NC(=O)C2(C(=O)Nc3ccc(Cl)cc3Cl)CC2)c1. The Morgan fingerprint density at radius 3 is 2.40 bits per heavy atom. The molecule has 0 radical (unpaired) electrons. The van der Waals surface area contributed by atoms with E-state index in [1.165, 1.54) is 6.07 Å². The van der Waals surface area contributed by atoms with E-state index in [4.69, 9.17) is 27.9 Å². The van der Waals surface area contributed by atoms with E-state index >= 15 is 0 Å². The number of hydrogen-bond donors (Lipinski definition) is 2. The number of methoxy groups -OCH3 is 1. The first-order valence-corrected chi connectivity index (χ1v) is 8.42. The van der Waals surface area contributed by atoms with Crippen molar-refractivity contribution in [2.75, 3.05) is 17.7 Å². The summed E-state index contributed by atoms with van der Waals surface area (Å²) in [5.74, 6) is -0.0968.